The van der Waals surface area contributed by atoms with Crippen LogP contribution in [0.15, 0.2) is 0 Å². The summed E-state index contributed by atoms with van der Waals surface area (Å²) in [5.41, 5.74) is -0.467. The van der Waals surface area contributed by atoms with Gasteiger partial charge >= 0.3 is 5.97 Å². The molecule has 0 heterocycles. The molecule has 0 saturated carbocycles. The SMILES string of the molecule is CNC(=O)C(C)(C)CNCCC(=O)OC. The molecular weight excluding hydrogens is 196 g/mol. The maximum Gasteiger partial charge on any atom is 0.306 e. The van der Waals surface area contributed by atoms with Crippen LogP contribution in [0.25, 0.3) is 0 Å². The molecule has 0 radical (unpaired) electrons. The van der Waals surface area contributed by atoms with Gasteiger partial charge in [0, 0.05) is 20.1 Å². The van der Waals surface area contributed by atoms with E-state index in [1.807, 2.05) is 13.8 Å². The predicted octanol–water partition coefficient (Wildman–Crippen LogP) is -0.0887. The van der Waals surface area contributed by atoms with E-state index in [9.17, 15) is 9.59 Å². The molecule has 0 aliphatic carbocycles. The standard InChI is InChI=1S/C10H20N2O3/c1-10(2,9(14)11-3)7-12-6-5-8(13)15-4/h12H,5-7H2,1-4H3,(H,11,14). The molecule has 0 aliphatic heterocycles. The van der Waals surface area contributed by atoms with E-state index in [2.05, 4.69) is 15.4 Å². The Bertz CT molecular complexity index is 227. The fourth-order valence-electron chi connectivity index (χ4n) is 1.11. The van der Waals surface area contributed by atoms with Crippen LogP contribution in [-0.4, -0.2) is 39.1 Å². The second kappa shape index (κ2) is 6.40. The molecule has 0 saturated heterocycles. The summed E-state index contributed by atoms with van der Waals surface area (Å²) in [4.78, 5) is 22.2. The zero-order valence-corrected chi connectivity index (χ0v) is 9.85. The maximum atomic E-state index is 11.4. The molecule has 5 nitrogen and oxygen atoms in total. The zero-order chi connectivity index (χ0) is 11.9. The van der Waals surface area contributed by atoms with E-state index in [0.29, 0.717) is 19.5 Å². The first-order valence-corrected chi connectivity index (χ1v) is 4.93. The number of carbonyl (C=O) groups is 2. The summed E-state index contributed by atoms with van der Waals surface area (Å²) in [6.45, 7) is 4.74. The lowest BCUT2D eigenvalue weighted by Gasteiger charge is -2.22. The Balaban J connectivity index is 3.75. The largest absolute Gasteiger partial charge is 0.469 e. The Morgan fingerprint density at radius 2 is 1.93 bits per heavy atom. The van der Waals surface area contributed by atoms with Crippen molar-refractivity contribution in [1.82, 2.24) is 10.6 Å². The average Bonchev–Trinajstić information content (AvgIpc) is 2.22. The van der Waals surface area contributed by atoms with E-state index in [1.165, 1.54) is 7.11 Å². The zero-order valence-electron chi connectivity index (χ0n) is 9.85. The predicted molar refractivity (Wildman–Crippen MR) is 57.4 cm³/mol. The van der Waals surface area contributed by atoms with Gasteiger partial charge in [0.1, 0.15) is 0 Å². The van der Waals surface area contributed by atoms with Crippen LogP contribution in [0.2, 0.25) is 0 Å². The van der Waals surface area contributed by atoms with E-state index in [0.717, 1.165) is 0 Å². The number of rotatable bonds is 6. The molecule has 0 rings (SSSR count). The fraction of sp³-hybridized carbons (Fsp3) is 0.800. The minimum Gasteiger partial charge on any atom is -0.469 e. The van der Waals surface area contributed by atoms with Crippen molar-refractivity contribution in [2.75, 3.05) is 27.2 Å². The summed E-state index contributed by atoms with van der Waals surface area (Å²) < 4.78 is 4.49. The third-order valence-corrected chi connectivity index (χ3v) is 2.14. The first-order valence-electron chi connectivity index (χ1n) is 4.93. The summed E-state index contributed by atoms with van der Waals surface area (Å²) in [7, 11) is 2.97. The average molecular weight is 216 g/mol. The molecule has 5 heteroatoms. The van der Waals surface area contributed by atoms with Gasteiger partial charge in [0.15, 0.2) is 0 Å². The van der Waals surface area contributed by atoms with Gasteiger partial charge in [0.2, 0.25) is 5.91 Å². The van der Waals surface area contributed by atoms with Crippen molar-refractivity contribution in [2.24, 2.45) is 5.41 Å². The van der Waals surface area contributed by atoms with Gasteiger partial charge in [0.25, 0.3) is 0 Å². The van der Waals surface area contributed by atoms with E-state index >= 15 is 0 Å². The minimum absolute atomic E-state index is 0.0203. The molecular formula is C10H20N2O3. The topological polar surface area (TPSA) is 67.4 Å². The Morgan fingerprint density at radius 3 is 2.40 bits per heavy atom. The number of carbonyl (C=O) groups excluding carboxylic acids is 2. The number of ether oxygens (including phenoxy) is 1. The maximum absolute atomic E-state index is 11.4. The highest BCUT2D eigenvalue weighted by molar-refractivity contribution is 5.81. The van der Waals surface area contributed by atoms with Crippen molar-refractivity contribution in [3.63, 3.8) is 0 Å². The lowest BCUT2D eigenvalue weighted by Crippen LogP contribution is -2.42. The monoisotopic (exact) mass is 216 g/mol. The molecule has 1 amide bonds. The first kappa shape index (κ1) is 13.9. The van der Waals surface area contributed by atoms with Crippen LogP contribution in [0, 0.1) is 5.41 Å². The van der Waals surface area contributed by atoms with E-state index < -0.39 is 5.41 Å². The fourth-order valence-corrected chi connectivity index (χ4v) is 1.11. The quantitative estimate of drug-likeness (QED) is 0.481. The molecule has 0 atom stereocenters. The van der Waals surface area contributed by atoms with Crippen LogP contribution >= 0.6 is 0 Å². The minimum atomic E-state index is -0.467. The molecule has 0 bridgehead atoms. The van der Waals surface area contributed by atoms with Crippen LogP contribution in [-0.2, 0) is 14.3 Å². The van der Waals surface area contributed by atoms with Gasteiger partial charge < -0.3 is 15.4 Å². The highest BCUT2D eigenvalue weighted by Gasteiger charge is 2.25. The van der Waals surface area contributed by atoms with Crippen LogP contribution in [0.5, 0.6) is 0 Å². The van der Waals surface area contributed by atoms with Crippen LogP contribution in [0.3, 0.4) is 0 Å². The normalized spacial score (nSPS) is 10.9. The van der Waals surface area contributed by atoms with Crippen LogP contribution in [0.1, 0.15) is 20.3 Å². The Hall–Kier alpha value is -1.10. The van der Waals surface area contributed by atoms with Crippen molar-refractivity contribution >= 4 is 11.9 Å². The number of esters is 1. The number of methoxy groups -OCH3 is 1. The van der Waals surface area contributed by atoms with Gasteiger partial charge in [0.05, 0.1) is 18.9 Å². The van der Waals surface area contributed by atoms with Crippen molar-refractivity contribution in [2.45, 2.75) is 20.3 Å². The van der Waals surface area contributed by atoms with Crippen LogP contribution < -0.4 is 10.6 Å². The van der Waals surface area contributed by atoms with Crippen molar-refractivity contribution in [1.29, 1.82) is 0 Å². The van der Waals surface area contributed by atoms with Gasteiger partial charge in [-0.25, -0.2) is 0 Å². The Kier molecular flexibility index (Phi) is 5.93. The first-order chi connectivity index (χ1) is 6.94. The van der Waals surface area contributed by atoms with Gasteiger partial charge in [-0.05, 0) is 13.8 Å². The second-order valence-corrected chi connectivity index (χ2v) is 3.97. The number of hydrogen-bond donors (Lipinski definition) is 2. The van der Waals surface area contributed by atoms with Crippen molar-refractivity contribution < 1.29 is 14.3 Å². The molecule has 0 aromatic heterocycles. The molecule has 0 fully saturated rings. The summed E-state index contributed by atoms with van der Waals surface area (Å²) in [6.07, 6.45) is 0.320. The molecule has 0 aliphatic rings. The van der Waals surface area contributed by atoms with Crippen molar-refractivity contribution in [3.8, 4) is 0 Å². The number of nitrogens with one attached hydrogen (secondary N) is 2. The van der Waals surface area contributed by atoms with E-state index in [4.69, 9.17) is 0 Å². The van der Waals surface area contributed by atoms with Crippen molar-refractivity contribution in [3.05, 3.63) is 0 Å². The molecule has 0 aromatic rings. The number of amides is 1. The van der Waals surface area contributed by atoms with E-state index in [1.54, 1.807) is 7.05 Å². The molecule has 0 aromatic carbocycles. The summed E-state index contributed by atoms with van der Waals surface area (Å²) in [5, 5.41) is 5.64. The highest BCUT2D eigenvalue weighted by atomic mass is 16.5. The van der Waals surface area contributed by atoms with Gasteiger partial charge in [-0.2, -0.15) is 0 Å². The Labute approximate surface area is 90.6 Å². The molecule has 0 spiro atoms. The Morgan fingerprint density at radius 1 is 1.33 bits per heavy atom. The summed E-state index contributed by atoms with van der Waals surface area (Å²) >= 11 is 0. The second-order valence-electron chi connectivity index (χ2n) is 3.97. The summed E-state index contributed by atoms with van der Waals surface area (Å²) in [5.74, 6) is -0.270. The number of hydrogen-bond acceptors (Lipinski definition) is 4. The highest BCUT2D eigenvalue weighted by Crippen LogP contribution is 2.12. The van der Waals surface area contributed by atoms with Gasteiger partial charge in [-0.3, -0.25) is 9.59 Å². The third-order valence-electron chi connectivity index (χ3n) is 2.14. The summed E-state index contributed by atoms with van der Waals surface area (Å²) in [6, 6.07) is 0. The lowest BCUT2D eigenvalue weighted by atomic mass is 9.92. The molecule has 88 valence electrons. The van der Waals surface area contributed by atoms with E-state index in [-0.39, 0.29) is 11.9 Å². The molecule has 0 unspecified atom stereocenters. The lowest BCUT2D eigenvalue weighted by molar-refractivity contribution is -0.140. The molecule has 15 heavy (non-hydrogen) atoms. The molecule has 2 N–H and O–H groups in total. The third kappa shape index (κ3) is 5.37. The van der Waals surface area contributed by atoms with Gasteiger partial charge in [-0.15, -0.1) is 0 Å². The van der Waals surface area contributed by atoms with Gasteiger partial charge in [-0.1, -0.05) is 0 Å². The van der Waals surface area contributed by atoms with Crippen LogP contribution in [0.4, 0.5) is 0 Å². The smallest absolute Gasteiger partial charge is 0.306 e.